The van der Waals surface area contributed by atoms with Gasteiger partial charge in [-0.15, -0.1) is 0 Å². The zero-order valence-corrected chi connectivity index (χ0v) is 12.3. The Morgan fingerprint density at radius 3 is 2.72 bits per heavy atom. The Morgan fingerprint density at radius 2 is 2.06 bits per heavy atom. The molecule has 0 saturated carbocycles. The molecule has 4 heteroatoms. The van der Waals surface area contributed by atoms with Crippen molar-refractivity contribution in [3.63, 3.8) is 0 Å². The van der Waals surface area contributed by atoms with E-state index in [1.54, 1.807) is 0 Å². The minimum atomic E-state index is 0.0340. The summed E-state index contributed by atoms with van der Waals surface area (Å²) in [4.78, 5) is 14.0. The normalized spacial score (nSPS) is 15.6. The van der Waals surface area contributed by atoms with Crippen LogP contribution < -0.4 is 5.32 Å². The van der Waals surface area contributed by atoms with E-state index in [1.807, 2.05) is 17.0 Å². The molecule has 0 atom stereocenters. The fraction of sp³-hybridized carbons (Fsp3) is 0.500. The number of hydrogen-bond donors (Lipinski definition) is 1. The van der Waals surface area contributed by atoms with Crippen molar-refractivity contribution < 1.29 is 4.79 Å². The Hall–Kier alpha value is -1.03. The topological polar surface area (TPSA) is 32.3 Å². The number of carbonyl (C=O) groups is 1. The molecule has 1 N–H and O–H groups in total. The lowest BCUT2D eigenvalue weighted by molar-refractivity contribution is 0.200. The van der Waals surface area contributed by atoms with E-state index in [2.05, 4.69) is 34.2 Å². The quantitative estimate of drug-likeness (QED) is 0.879. The number of likely N-dealkylation sites (tertiary alicyclic amines) is 1. The monoisotopic (exact) mass is 310 g/mol. The first-order chi connectivity index (χ1) is 8.70. The average Bonchev–Trinajstić information content (AvgIpc) is 2.41. The van der Waals surface area contributed by atoms with Crippen LogP contribution >= 0.6 is 15.9 Å². The molecule has 2 amide bonds. The maximum absolute atomic E-state index is 12.1. The lowest BCUT2D eigenvalue weighted by Gasteiger charge is -2.27. The fourth-order valence-electron chi connectivity index (χ4n) is 2.27. The Morgan fingerprint density at radius 1 is 1.33 bits per heavy atom. The third kappa shape index (κ3) is 3.25. The minimum Gasteiger partial charge on any atom is -0.325 e. The van der Waals surface area contributed by atoms with Crippen LogP contribution in [0.2, 0.25) is 0 Å². The van der Waals surface area contributed by atoms with Gasteiger partial charge in [0.1, 0.15) is 0 Å². The smallest absolute Gasteiger partial charge is 0.321 e. The lowest BCUT2D eigenvalue weighted by atomic mass is 10.1. The van der Waals surface area contributed by atoms with E-state index in [0.717, 1.165) is 48.1 Å². The van der Waals surface area contributed by atoms with Gasteiger partial charge in [0, 0.05) is 23.2 Å². The standard InChI is InChI=1S/C14H19BrN2O/c1-2-11-10-12(15)6-7-13(11)16-14(18)17-8-4-3-5-9-17/h6-7,10H,2-5,8-9H2,1H3,(H,16,18). The van der Waals surface area contributed by atoms with Crippen molar-refractivity contribution >= 4 is 27.6 Å². The Kier molecular flexibility index (Phi) is 4.64. The van der Waals surface area contributed by atoms with Gasteiger partial charge in [0.2, 0.25) is 0 Å². The summed E-state index contributed by atoms with van der Waals surface area (Å²) in [6, 6.07) is 6.02. The molecule has 0 aliphatic carbocycles. The molecule has 0 unspecified atom stereocenters. The molecule has 3 nitrogen and oxygen atoms in total. The number of hydrogen-bond acceptors (Lipinski definition) is 1. The van der Waals surface area contributed by atoms with E-state index in [0.29, 0.717) is 0 Å². The molecule has 0 aromatic heterocycles. The summed E-state index contributed by atoms with van der Waals surface area (Å²) >= 11 is 3.46. The molecule has 0 spiro atoms. The predicted molar refractivity (Wildman–Crippen MR) is 78.0 cm³/mol. The fourth-order valence-corrected chi connectivity index (χ4v) is 2.68. The second-order valence-corrected chi connectivity index (χ2v) is 5.55. The number of nitrogens with one attached hydrogen (secondary N) is 1. The summed E-state index contributed by atoms with van der Waals surface area (Å²) in [6.07, 6.45) is 4.39. The highest BCUT2D eigenvalue weighted by atomic mass is 79.9. The van der Waals surface area contributed by atoms with Gasteiger partial charge in [-0.25, -0.2) is 4.79 Å². The summed E-state index contributed by atoms with van der Waals surface area (Å²) in [5, 5.41) is 3.02. The van der Waals surface area contributed by atoms with Crippen LogP contribution in [-0.2, 0) is 6.42 Å². The van der Waals surface area contributed by atoms with Gasteiger partial charge in [-0.3, -0.25) is 0 Å². The van der Waals surface area contributed by atoms with E-state index >= 15 is 0 Å². The summed E-state index contributed by atoms with van der Waals surface area (Å²) in [5.41, 5.74) is 2.09. The number of amides is 2. The van der Waals surface area contributed by atoms with E-state index < -0.39 is 0 Å². The van der Waals surface area contributed by atoms with Crippen LogP contribution in [-0.4, -0.2) is 24.0 Å². The summed E-state index contributed by atoms with van der Waals surface area (Å²) < 4.78 is 1.05. The molecule has 1 aromatic rings. The van der Waals surface area contributed by atoms with Gasteiger partial charge in [0.25, 0.3) is 0 Å². The van der Waals surface area contributed by atoms with Crippen LogP contribution in [0.5, 0.6) is 0 Å². The number of urea groups is 1. The van der Waals surface area contributed by atoms with Crippen molar-refractivity contribution in [2.75, 3.05) is 18.4 Å². The van der Waals surface area contributed by atoms with Crippen molar-refractivity contribution in [3.8, 4) is 0 Å². The van der Waals surface area contributed by atoms with Gasteiger partial charge in [0.05, 0.1) is 0 Å². The van der Waals surface area contributed by atoms with E-state index in [4.69, 9.17) is 0 Å². The number of piperidine rings is 1. The van der Waals surface area contributed by atoms with Crippen molar-refractivity contribution in [2.24, 2.45) is 0 Å². The number of aryl methyl sites for hydroxylation is 1. The summed E-state index contributed by atoms with van der Waals surface area (Å²) in [6.45, 7) is 3.85. The molecule has 1 aliphatic rings. The number of anilines is 1. The highest BCUT2D eigenvalue weighted by Crippen LogP contribution is 2.22. The molecule has 98 valence electrons. The van der Waals surface area contributed by atoms with E-state index in [1.165, 1.54) is 6.42 Å². The highest BCUT2D eigenvalue weighted by molar-refractivity contribution is 9.10. The third-order valence-electron chi connectivity index (χ3n) is 3.33. The molecule has 1 saturated heterocycles. The van der Waals surface area contributed by atoms with Crippen molar-refractivity contribution in [1.82, 2.24) is 4.90 Å². The average molecular weight is 311 g/mol. The number of benzene rings is 1. The van der Waals surface area contributed by atoms with Crippen LogP contribution in [0.4, 0.5) is 10.5 Å². The molecule has 2 rings (SSSR count). The van der Waals surface area contributed by atoms with Crippen LogP contribution in [0.1, 0.15) is 31.7 Å². The first-order valence-electron chi connectivity index (χ1n) is 6.55. The van der Waals surface area contributed by atoms with Gasteiger partial charge in [-0.2, -0.15) is 0 Å². The first kappa shape index (κ1) is 13.4. The minimum absolute atomic E-state index is 0.0340. The molecule has 18 heavy (non-hydrogen) atoms. The molecule has 1 aromatic carbocycles. The SMILES string of the molecule is CCc1cc(Br)ccc1NC(=O)N1CCCCC1. The molecule has 1 heterocycles. The summed E-state index contributed by atoms with van der Waals surface area (Å²) in [7, 11) is 0. The van der Waals surface area contributed by atoms with Crippen molar-refractivity contribution in [3.05, 3.63) is 28.2 Å². The third-order valence-corrected chi connectivity index (χ3v) is 3.83. The van der Waals surface area contributed by atoms with Gasteiger partial charge in [-0.05, 0) is 49.4 Å². The zero-order valence-electron chi connectivity index (χ0n) is 10.7. The van der Waals surface area contributed by atoms with Gasteiger partial charge < -0.3 is 10.2 Å². The molecular formula is C14H19BrN2O. The van der Waals surface area contributed by atoms with Crippen molar-refractivity contribution in [1.29, 1.82) is 0 Å². The lowest BCUT2D eigenvalue weighted by Crippen LogP contribution is -2.38. The first-order valence-corrected chi connectivity index (χ1v) is 7.34. The van der Waals surface area contributed by atoms with E-state index in [-0.39, 0.29) is 6.03 Å². The zero-order chi connectivity index (χ0) is 13.0. The molecule has 1 fully saturated rings. The largest absolute Gasteiger partial charge is 0.325 e. The second-order valence-electron chi connectivity index (χ2n) is 4.63. The van der Waals surface area contributed by atoms with Crippen LogP contribution in [0, 0.1) is 0 Å². The molecule has 1 aliphatic heterocycles. The molecular weight excluding hydrogens is 292 g/mol. The maximum atomic E-state index is 12.1. The Balaban J connectivity index is 2.06. The second kappa shape index (κ2) is 6.23. The Bertz CT molecular complexity index is 428. The maximum Gasteiger partial charge on any atom is 0.321 e. The number of nitrogens with zero attached hydrogens (tertiary/aromatic N) is 1. The number of carbonyl (C=O) groups excluding carboxylic acids is 1. The molecule has 0 radical (unpaired) electrons. The predicted octanol–water partition coefficient (Wildman–Crippen LogP) is 4.03. The van der Waals surface area contributed by atoms with Crippen LogP contribution in [0.15, 0.2) is 22.7 Å². The number of halogens is 1. The van der Waals surface area contributed by atoms with Crippen LogP contribution in [0.25, 0.3) is 0 Å². The summed E-state index contributed by atoms with van der Waals surface area (Å²) in [5.74, 6) is 0. The Labute approximate surface area is 117 Å². The van der Waals surface area contributed by atoms with Crippen LogP contribution in [0.3, 0.4) is 0 Å². The number of rotatable bonds is 2. The van der Waals surface area contributed by atoms with Crippen molar-refractivity contribution in [2.45, 2.75) is 32.6 Å². The van der Waals surface area contributed by atoms with Gasteiger partial charge >= 0.3 is 6.03 Å². The van der Waals surface area contributed by atoms with E-state index in [9.17, 15) is 4.79 Å². The van der Waals surface area contributed by atoms with Gasteiger partial charge in [-0.1, -0.05) is 22.9 Å². The molecule has 0 bridgehead atoms. The van der Waals surface area contributed by atoms with Gasteiger partial charge in [0.15, 0.2) is 0 Å². The highest BCUT2D eigenvalue weighted by Gasteiger charge is 2.17.